The molecule has 4 rings (SSSR count). The fourth-order valence-corrected chi connectivity index (χ4v) is 7.44. The largest absolute Gasteiger partial charge is 0.328 e. The lowest BCUT2D eigenvalue weighted by atomic mass is 9.44. The number of carbonyl (C=O) groups excluding carboxylic acids is 1. The van der Waals surface area contributed by atoms with Crippen LogP contribution in [0.5, 0.6) is 0 Å². The van der Waals surface area contributed by atoms with E-state index in [-0.39, 0.29) is 16.7 Å². The summed E-state index contributed by atoms with van der Waals surface area (Å²) < 4.78 is 0. The molecule has 0 spiro atoms. The van der Waals surface area contributed by atoms with E-state index in [1.165, 1.54) is 0 Å². The molecule has 4 aliphatic rings. The summed E-state index contributed by atoms with van der Waals surface area (Å²) in [6, 6.07) is 0. The van der Waals surface area contributed by atoms with E-state index in [1.807, 2.05) is 0 Å². The minimum absolute atomic E-state index is 0.128. The number of nitrogens with one attached hydrogen (secondary N) is 1. The van der Waals surface area contributed by atoms with Gasteiger partial charge in [-0.3, -0.25) is 15.1 Å². The number of hydroxylamine groups is 1. The third-order valence-corrected chi connectivity index (χ3v) is 8.88. The van der Waals surface area contributed by atoms with E-state index in [9.17, 15) is 9.70 Å². The molecule has 0 aromatic carbocycles. The molecule has 3 fully saturated rings. The van der Waals surface area contributed by atoms with Crippen molar-refractivity contribution in [3.8, 4) is 0 Å². The van der Waals surface area contributed by atoms with Crippen molar-refractivity contribution in [2.45, 2.75) is 58.8 Å². The van der Waals surface area contributed by atoms with Crippen LogP contribution in [0.3, 0.4) is 0 Å². The zero-order valence-electron chi connectivity index (χ0n) is 17.3. The van der Waals surface area contributed by atoms with Crippen LogP contribution in [0.25, 0.3) is 0 Å². The van der Waals surface area contributed by atoms with Crippen molar-refractivity contribution in [3.05, 3.63) is 16.7 Å². The fraction of sp³-hybridized carbons (Fsp3) is 0.864. The van der Waals surface area contributed by atoms with E-state index < -0.39 is 0 Å². The zero-order chi connectivity index (χ0) is 19.9. The van der Waals surface area contributed by atoms with Crippen molar-refractivity contribution in [2.75, 3.05) is 19.7 Å². The van der Waals surface area contributed by atoms with Gasteiger partial charge >= 0.3 is 0 Å². The highest BCUT2D eigenvalue weighted by Gasteiger charge is 2.61. The third kappa shape index (κ3) is 3.04. The molecule has 0 aliphatic heterocycles. The van der Waals surface area contributed by atoms with Crippen LogP contribution in [-0.2, 0) is 9.63 Å². The van der Waals surface area contributed by atoms with Crippen molar-refractivity contribution in [2.24, 2.45) is 51.3 Å². The molecule has 156 valence electrons. The Bertz CT molecular complexity index is 665. The number of rotatable bonds is 6. The highest BCUT2D eigenvalue weighted by molar-refractivity contribution is 5.87. The Balaban J connectivity index is 1.62. The molecule has 28 heavy (non-hydrogen) atoms. The van der Waals surface area contributed by atoms with Gasteiger partial charge in [0.25, 0.3) is 0 Å². The molecule has 0 radical (unpaired) electrons. The molecule has 7 atom stereocenters. The summed E-state index contributed by atoms with van der Waals surface area (Å²) in [6.45, 7) is 5.98. The molecule has 6 heteroatoms. The van der Waals surface area contributed by atoms with Crippen LogP contribution in [0.2, 0.25) is 0 Å². The second kappa shape index (κ2) is 7.52. The molecule has 4 aliphatic carbocycles. The Labute approximate surface area is 168 Å². The van der Waals surface area contributed by atoms with Gasteiger partial charge in [0.2, 0.25) is 0 Å². The molecule has 0 saturated heterocycles. The molecule has 1 unspecified atom stereocenters. The molecule has 0 aromatic heterocycles. The van der Waals surface area contributed by atoms with Crippen LogP contribution in [-0.4, -0.2) is 25.5 Å². The van der Waals surface area contributed by atoms with Crippen molar-refractivity contribution >= 4 is 5.78 Å². The van der Waals surface area contributed by atoms with E-state index in [1.54, 1.807) is 0 Å². The number of fused-ring (bicyclic) bond motifs is 5. The van der Waals surface area contributed by atoms with Gasteiger partial charge in [0.1, 0.15) is 5.78 Å². The van der Waals surface area contributed by atoms with Crippen LogP contribution < -0.4 is 11.2 Å². The first-order valence-corrected chi connectivity index (χ1v) is 11.0. The molecule has 3 saturated carbocycles. The number of ketones is 1. The SMILES string of the molecule is C[C@]12CCC(NOCCN)=CC1[C@@H](CN=O)C[C@@H]1[C@@H]2CC[C@]2(C)C(=O)CC[C@@H]12. The number of Topliss-reactive ketones (excluding diaryl/α,β-unsaturated/α-hetero) is 1. The lowest BCUT2D eigenvalue weighted by Gasteiger charge is -2.60. The molecule has 0 amide bonds. The van der Waals surface area contributed by atoms with E-state index in [2.05, 4.69) is 30.6 Å². The first-order chi connectivity index (χ1) is 13.4. The minimum Gasteiger partial charge on any atom is -0.328 e. The maximum absolute atomic E-state index is 12.6. The standard InChI is InChI=1S/C22H35N3O3/c1-21-7-5-15(25-28-10-9-23)12-19(21)14(13-24-27)11-16-17-3-4-20(26)22(17,2)8-6-18(16)21/h12,14,16-19,25H,3-11,13,23H2,1-2H3/t14-,16+,17+,18+,19?,21-,22+/m1/s1. The molecular weight excluding hydrogens is 354 g/mol. The monoisotopic (exact) mass is 389 g/mol. The second-order valence-corrected chi connectivity index (χ2v) is 10.1. The lowest BCUT2D eigenvalue weighted by molar-refractivity contribution is -0.139. The fourth-order valence-electron chi connectivity index (χ4n) is 7.44. The predicted molar refractivity (Wildman–Crippen MR) is 108 cm³/mol. The van der Waals surface area contributed by atoms with Gasteiger partial charge in [-0.1, -0.05) is 25.1 Å². The summed E-state index contributed by atoms with van der Waals surface area (Å²) in [5.74, 6) is 2.74. The van der Waals surface area contributed by atoms with Crippen LogP contribution in [0.15, 0.2) is 16.9 Å². The highest BCUT2D eigenvalue weighted by Crippen LogP contribution is 2.66. The lowest BCUT2D eigenvalue weighted by Crippen LogP contribution is -2.55. The van der Waals surface area contributed by atoms with Gasteiger partial charge in [-0.15, -0.1) is 0 Å². The highest BCUT2D eigenvalue weighted by atomic mass is 16.6. The minimum atomic E-state index is -0.128. The Morgan fingerprint density at radius 3 is 2.82 bits per heavy atom. The molecule has 0 bridgehead atoms. The molecular formula is C22H35N3O3. The van der Waals surface area contributed by atoms with Crippen molar-refractivity contribution in [3.63, 3.8) is 0 Å². The van der Waals surface area contributed by atoms with Gasteiger partial charge in [-0.05, 0) is 73.5 Å². The van der Waals surface area contributed by atoms with Gasteiger partial charge in [0.15, 0.2) is 0 Å². The number of hydrogen-bond donors (Lipinski definition) is 2. The third-order valence-electron chi connectivity index (χ3n) is 8.88. The van der Waals surface area contributed by atoms with Crippen LogP contribution in [0, 0.1) is 45.3 Å². The number of nitroso groups, excluding NO2 is 1. The molecule has 3 N–H and O–H groups in total. The Kier molecular flexibility index (Phi) is 5.38. The average molecular weight is 390 g/mol. The van der Waals surface area contributed by atoms with E-state index in [0.717, 1.165) is 50.6 Å². The predicted octanol–water partition coefficient (Wildman–Crippen LogP) is 3.56. The van der Waals surface area contributed by atoms with E-state index >= 15 is 0 Å². The van der Waals surface area contributed by atoms with E-state index in [0.29, 0.717) is 49.2 Å². The van der Waals surface area contributed by atoms with Crippen LogP contribution in [0.1, 0.15) is 58.8 Å². The Hall–Kier alpha value is -1.27. The van der Waals surface area contributed by atoms with Gasteiger partial charge in [0.05, 0.1) is 13.2 Å². The van der Waals surface area contributed by atoms with Gasteiger partial charge in [0, 0.05) is 24.1 Å². The first-order valence-electron chi connectivity index (χ1n) is 11.0. The Morgan fingerprint density at radius 2 is 2.07 bits per heavy atom. The summed E-state index contributed by atoms with van der Waals surface area (Å²) >= 11 is 0. The van der Waals surface area contributed by atoms with Gasteiger partial charge in [-0.2, -0.15) is 4.91 Å². The van der Waals surface area contributed by atoms with Crippen LogP contribution in [0.4, 0.5) is 0 Å². The molecule has 6 nitrogen and oxygen atoms in total. The summed E-state index contributed by atoms with van der Waals surface area (Å²) in [5.41, 5.74) is 9.75. The average Bonchev–Trinajstić information content (AvgIpc) is 2.98. The zero-order valence-corrected chi connectivity index (χ0v) is 17.3. The molecule has 0 aromatic rings. The summed E-state index contributed by atoms with van der Waals surface area (Å²) in [6.07, 6.45) is 9.35. The van der Waals surface area contributed by atoms with Crippen molar-refractivity contribution in [1.29, 1.82) is 0 Å². The van der Waals surface area contributed by atoms with Gasteiger partial charge in [-0.25, -0.2) is 0 Å². The smallest absolute Gasteiger partial charge is 0.139 e. The van der Waals surface area contributed by atoms with Crippen molar-refractivity contribution in [1.82, 2.24) is 5.48 Å². The number of nitrogens with zero attached hydrogens (tertiary/aromatic N) is 1. The number of carbonyl (C=O) groups is 1. The maximum atomic E-state index is 12.6. The maximum Gasteiger partial charge on any atom is 0.139 e. The normalized spacial score (nSPS) is 44.9. The van der Waals surface area contributed by atoms with Crippen LogP contribution >= 0.6 is 0 Å². The number of allylic oxidation sites excluding steroid dienone is 2. The second-order valence-electron chi connectivity index (χ2n) is 10.1. The summed E-state index contributed by atoms with van der Waals surface area (Å²) in [5, 5.41) is 3.32. The summed E-state index contributed by atoms with van der Waals surface area (Å²) in [4.78, 5) is 29.4. The van der Waals surface area contributed by atoms with Crippen molar-refractivity contribution < 1.29 is 9.63 Å². The number of nitrogens with two attached hydrogens (primary N) is 1. The first kappa shape index (κ1) is 20.0. The quantitative estimate of drug-likeness (QED) is 0.411. The Morgan fingerprint density at radius 1 is 1.25 bits per heavy atom. The summed E-state index contributed by atoms with van der Waals surface area (Å²) in [7, 11) is 0. The topological polar surface area (TPSA) is 93.8 Å². The van der Waals surface area contributed by atoms with E-state index in [4.69, 9.17) is 10.6 Å². The number of hydrogen-bond acceptors (Lipinski definition) is 6. The van der Waals surface area contributed by atoms with Gasteiger partial charge < -0.3 is 5.73 Å². The molecule has 0 heterocycles.